The number of benzene rings is 1. The van der Waals surface area contributed by atoms with Crippen molar-refractivity contribution < 1.29 is 17.9 Å². The van der Waals surface area contributed by atoms with Crippen LogP contribution < -0.4 is 10.6 Å². The molecule has 1 aromatic carbocycles. The lowest BCUT2D eigenvalue weighted by molar-refractivity contribution is -0.0185. The second-order valence-corrected chi connectivity index (χ2v) is 4.75. The molecule has 0 aliphatic carbocycles. The Kier molecular flexibility index (Phi) is 4.31. The van der Waals surface area contributed by atoms with Gasteiger partial charge in [-0.2, -0.15) is 0 Å². The minimum atomic E-state index is -1.44. The zero-order chi connectivity index (χ0) is 14.0. The van der Waals surface area contributed by atoms with Crippen LogP contribution in [-0.4, -0.2) is 31.8 Å². The van der Waals surface area contributed by atoms with Crippen molar-refractivity contribution in [3.63, 3.8) is 0 Å². The normalized spacial score (nSPS) is 23.7. The van der Waals surface area contributed by atoms with Gasteiger partial charge in [0, 0.05) is 13.1 Å². The Morgan fingerprint density at radius 1 is 1.26 bits per heavy atom. The Balaban J connectivity index is 2.23. The third-order valence-electron chi connectivity index (χ3n) is 3.17. The van der Waals surface area contributed by atoms with E-state index in [9.17, 15) is 13.2 Å². The summed E-state index contributed by atoms with van der Waals surface area (Å²) in [5.74, 6) is -3.77. The molecule has 2 atom stereocenters. The number of ether oxygens (including phenoxy) is 1. The highest BCUT2D eigenvalue weighted by atomic mass is 19.2. The largest absolute Gasteiger partial charge is 0.372 e. The lowest BCUT2D eigenvalue weighted by Crippen LogP contribution is -2.47. The van der Waals surface area contributed by atoms with Crippen LogP contribution in [0.1, 0.15) is 13.3 Å². The van der Waals surface area contributed by atoms with Gasteiger partial charge in [-0.15, -0.1) is 0 Å². The minimum absolute atomic E-state index is 0.0658. The molecule has 0 radical (unpaired) electrons. The maximum Gasteiger partial charge on any atom is 0.196 e. The van der Waals surface area contributed by atoms with E-state index < -0.39 is 17.5 Å². The number of anilines is 1. The number of nitrogens with two attached hydrogens (primary N) is 1. The van der Waals surface area contributed by atoms with Crippen LogP contribution in [0.25, 0.3) is 0 Å². The fraction of sp³-hybridized carbons (Fsp3) is 0.538. The summed E-state index contributed by atoms with van der Waals surface area (Å²) in [6, 6.07) is 2.19. The van der Waals surface area contributed by atoms with Gasteiger partial charge >= 0.3 is 0 Å². The Morgan fingerprint density at radius 3 is 2.68 bits per heavy atom. The molecule has 1 fully saturated rings. The zero-order valence-electron chi connectivity index (χ0n) is 10.7. The average molecular weight is 274 g/mol. The van der Waals surface area contributed by atoms with Crippen LogP contribution in [0.15, 0.2) is 12.1 Å². The quantitative estimate of drug-likeness (QED) is 0.857. The highest BCUT2D eigenvalue weighted by Crippen LogP contribution is 2.27. The Hall–Kier alpha value is -1.27. The monoisotopic (exact) mass is 274 g/mol. The lowest BCUT2D eigenvalue weighted by Gasteiger charge is -2.38. The SMILES string of the molecule is CC1CN(c2ccc(F)c(F)c2F)CC(CCN)O1. The van der Waals surface area contributed by atoms with Crippen LogP contribution in [-0.2, 0) is 4.74 Å². The van der Waals surface area contributed by atoms with Gasteiger partial charge in [-0.25, -0.2) is 13.2 Å². The van der Waals surface area contributed by atoms with Gasteiger partial charge in [0.2, 0.25) is 0 Å². The minimum Gasteiger partial charge on any atom is -0.372 e. The van der Waals surface area contributed by atoms with Crippen LogP contribution >= 0.6 is 0 Å². The van der Waals surface area contributed by atoms with E-state index in [1.54, 1.807) is 4.90 Å². The van der Waals surface area contributed by atoms with Gasteiger partial charge in [-0.1, -0.05) is 0 Å². The van der Waals surface area contributed by atoms with Crippen molar-refractivity contribution in [3.05, 3.63) is 29.6 Å². The van der Waals surface area contributed by atoms with Gasteiger partial charge < -0.3 is 15.4 Å². The molecule has 0 amide bonds. The van der Waals surface area contributed by atoms with Crippen molar-refractivity contribution in [2.45, 2.75) is 25.6 Å². The van der Waals surface area contributed by atoms with E-state index in [2.05, 4.69) is 0 Å². The molecule has 6 heteroatoms. The molecule has 1 heterocycles. The number of hydrogen-bond acceptors (Lipinski definition) is 3. The third kappa shape index (κ3) is 3.01. The molecule has 2 rings (SSSR count). The highest BCUT2D eigenvalue weighted by Gasteiger charge is 2.27. The highest BCUT2D eigenvalue weighted by molar-refractivity contribution is 5.49. The van der Waals surface area contributed by atoms with E-state index in [-0.39, 0.29) is 17.9 Å². The van der Waals surface area contributed by atoms with E-state index in [4.69, 9.17) is 10.5 Å². The smallest absolute Gasteiger partial charge is 0.196 e. The van der Waals surface area contributed by atoms with Gasteiger partial charge in [0.25, 0.3) is 0 Å². The first kappa shape index (κ1) is 14.1. The third-order valence-corrected chi connectivity index (χ3v) is 3.17. The molecule has 2 unspecified atom stereocenters. The summed E-state index contributed by atoms with van der Waals surface area (Å²) in [6.45, 7) is 3.17. The predicted molar refractivity (Wildman–Crippen MR) is 66.5 cm³/mol. The molecule has 19 heavy (non-hydrogen) atoms. The van der Waals surface area contributed by atoms with Crippen molar-refractivity contribution >= 4 is 5.69 Å². The summed E-state index contributed by atoms with van der Waals surface area (Å²) in [5, 5.41) is 0. The van der Waals surface area contributed by atoms with E-state index in [1.807, 2.05) is 6.92 Å². The number of morpholine rings is 1. The van der Waals surface area contributed by atoms with Crippen molar-refractivity contribution in [1.82, 2.24) is 0 Å². The molecule has 0 bridgehead atoms. The summed E-state index contributed by atoms with van der Waals surface area (Å²) in [6.07, 6.45) is 0.408. The molecule has 1 saturated heterocycles. The molecule has 3 nitrogen and oxygen atoms in total. The number of nitrogens with zero attached hydrogens (tertiary/aromatic N) is 1. The molecule has 2 N–H and O–H groups in total. The second kappa shape index (κ2) is 5.79. The number of halogens is 3. The van der Waals surface area contributed by atoms with Crippen LogP contribution in [0.5, 0.6) is 0 Å². The lowest BCUT2D eigenvalue weighted by atomic mass is 10.1. The van der Waals surface area contributed by atoms with E-state index in [0.717, 1.165) is 6.07 Å². The summed E-state index contributed by atoms with van der Waals surface area (Å²) < 4.78 is 45.6. The van der Waals surface area contributed by atoms with Gasteiger partial charge in [0.05, 0.1) is 17.9 Å². The maximum atomic E-state index is 13.8. The molecule has 106 valence electrons. The fourth-order valence-corrected chi connectivity index (χ4v) is 2.35. The Labute approximate surface area is 110 Å². The Bertz CT molecular complexity index is 456. The molecule has 1 aromatic rings. The fourth-order valence-electron chi connectivity index (χ4n) is 2.35. The standard InChI is InChI=1S/C13H17F3N2O/c1-8-6-18(7-9(19-8)4-5-17)11-3-2-10(14)12(15)13(11)16/h2-3,8-9H,4-7,17H2,1H3. The van der Waals surface area contributed by atoms with Gasteiger partial charge in [0.15, 0.2) is 17.5 Å². The molecule has 1 aliphatic rings. The Morgan fingerprint density at radius 2 is 2.00 bits per heavy atom. The van der Waals surface area contributed by atoms with Gasteiger partial charge in [0.1, 0.15) is 0 Å². The van der Waals surface area contributed by atoms with Gasteiger partial charge in [-0.3, -0.25) is 0 Å². The maximum absolute atomic E-state index is 13.8. The summed E-state index contributed by atoms with van der Waals surface area (Å²) in [7, 11) is 0. The molecular formula is C13H17F3N2O. The van der Waals surface area contributed by atoms with Crippen LogP contribution in [0.2, 0.25) is 0 Å². The van der Waals surface area contributed by atoms with Crippen molar-refractivity contribution in [2.75, 3.05) is 24.5 Å². The van der Waals surface area contributed by atoms with Crippen LogP contribution in [0.4, 0.5) is 18.9 Å². The van der Waals surface area contributed by atoms with Gasteiger partial charge in [-0.05, 0) is 32.0 Å². The van der Waals surface area contributed by atoms with E-state index >= 15 is 0 Å². The zero-order valence-corrected chi connectivity index (χ0v) is 10.7. The molecular weight excluding hydrogens is 257 g/mol. The topological polar surface area (TPSA) is 38.5 Å². The molecule has 1 aliphatic heterocycles. The first-order valence-corrected chi connectivity index (χ1v) is 6.27. The second-order valence-electron chi connectivity index (χ2n) is 4.75. The van der Waals surface area contributed by atoms with Crippen LogP contribution in [0.3, 0.4) is 0 Å². The summed E-state index contributed by atoms with van der Waals surface area (Å²) in [5.41, 5.74) is 5.55. The first-order chi connectivity index (χ1) is 9.02. The molecule has 0 spiro atoms. The van der Waals surface area contributed by atoms with E-state index in [0.29, 0.717) is 26.1 Å². The van der Waals surface area contributed by atoms with E-state index in [1.165, 1.54) is 6.07 Å². The number of hydrogen-bond donors (Lipinski definition) is 1. The first-order valence-electron chi connectivity index (χ1n) is 6.27. The molecule has 0 aromatic heterocycles. The van der Waals surface area contributed by atoms with Crippen molar-refractivity contribution in [1.29, 1.82) is 0 Å². The summed E-state index contributed by atoms with van der Waals surface area (Å²) in [4.78, 5) is 1.67. The summed E-state index contributed by atoms with van der Waals surface area (Å²) >= 11 is 0. The average Bonchev–Trinajstić information content (AvgIpc) is 2.36. The molecule has 0 saturated carbocycles. The van der Waals surface area contributed by atoms with Crippen molar-refractivity contribution in [2.24, 2.45) is 5.73 Å². The predicted octanol–water partition coefficient (Wildman–Crippen LogP) is 2.05. The van der Waals surface area contributed by atoms with Crippen LogP contribution in [0, 0.1) is 17.5 Å². The van der Waals surface area contributed by atoms with Crippen molar-refractivity contribution in [3.8, 4) is 0 Å². The number of rotatable bonds is 3.